The summed E-state index contributed by atoms with van der Waals surface area (Å²) in [5.41, 5.74) is 0.218. The third-order valence-electron chi connectivity index (χ3n) is 3.28. The van der Waals surface area contributed by atoms with E-state index in [4.69, 9.17) is 0 Å². The second-order valence-corrected chi connectivity index (χ2v) is 8.54. The Morgan fingerprint density at radius 2 is 1.88 bits per heavy atom. The lowest BCUT2D eigenvalue weighted by Crippen LogP contribution is -2.22. The van der Waals surface area contributed by atoms with Crippen LogP contribution in [0, 0.1) is 6.92 Å². The number of rotatable bonds is 4. The number of aryl methyl sites for hydroxylation is 1. The van der Waals surface area contributed by atoms with E-state index in [1.54, 1.807) is 0 Å². The third-order valence-corrected chi connectivity index (χ3v) is 6.18. The van der Waals surface area contributed by atoms with Gasteiger partial charge in [-0.25, -0.2) is 8.42 Å². The molecule has 1 aromatic heterocycles. The average Bonchev–Trinajstić information content (AvgIpc) is 2.94. The first-order valence-corrected chi connectivity index (χ1v) is 9.44. The van der Waals surface area contributed by atoms with E-state index in [0.29, 0.717) is 11.1 Å². The molecule has 0 saturated carbocycles. The molecule has 4 nitrogen and oxygen atoms in total. The number of hydrogen-bond acceptors (Lipinski definition) is 4. The molecule has 0 saturated heterocycles. The molecule has 24 heavy (non-hydrogen) atoms. The first kappa shape index (κ1) is 18.5. The number of hydrogen-bond donors (Lipinski definition) is 1. The predicted molar refractivity (Wildman–Crippen MR) is 84.8 cm³/mol. The molecule has 1 amide bonds. The minimum absolute atomic E-state index is 0.0505. The minimum atomic E-state index is -4.41. The fourth-order valence-corrected chi connectivity index (χ4v) is 3.82. The van der Waals surface area contributed by atoms with Crippen molar-refractivity contribution in [2.45, 2.75) is 23.9 Å². The van der Waals surface area contributed by atoms with Gasteiger partial charge in [0.05, 0.1) is 10.4 Å². The van der Waals surface area contributed by atoms with E-state index in [1.807, 2.05) is 0 Å². The highest BCUT2D eigenvalue weighted by Crippen LogP contribution is 2.30. The zero-order valence-electron chi connectivity index (χ0n) is 12.8. The fourth-order valence-electron chi connectivity index (χ4n) is 1.97. The summed E-state index contributed by atoms with van der Waals surface area (Å²) in [5.74, 6) is -0.478. The van der Waals surface area contributed by atoms with Crippen LogP contribution in [0.2, 0.25) is 0 Å². The molecular formula is C15H14F3NO3S2. The SMILES string of the molecule is Cc1cc(C(F)(F)F)ccc1CNC(=O)c1ccc(S(C)(=O)=O)s1. The van der Waals surface area contributed by atoms with Crippen molar-refractivity contribution in [3.63, 3.8) is 0 Å². The fraction of sp³-hybridized carbons (Fsp3) is 0.267. The monoisotopic (exact) mass is 377 g/mol. The summed E-state index contributed by atoms with van der Waals surface area (Å²) >= 11 is 0.844. The van der Waals surface area contributed by atoms with Crippen LogP contribution in [-0.4, -0.2) is 20.6 Å². The van der Waals surface area contributed by atoms with Gasteiger partial charge in [0.2, 0.25) is 0 Å². The summed E-state index contributed by atoms with van der Waals surface area (Å²) in [4.78, 5) is 12.2. The highest BCUT2D eigenvalue weighted by Gasteiger charge is 2.30. The topological polar surface area (TPSA) is 63.2 Å². The quantitative estimate of drug-likeness (QED) is 0.888. The molecule has 0 unspecified atom stereocenters. The van der Waals surface area contributed by atoms with Gasteiger partial charge in [0.15, 0.2) is 9.84 Å². The average molecular weight is 377 g/mol. The van der Waals surface area contributed by atoms with Crippen LogP contribution in [0.5, 0.6) is 0 Å². The van der Waals surface area contributed by atoms with E-state index in [0.717, 1.165) is 29.7 Å². The molecule has 2 aromatic rings. The van der Waals surface area contributed by atoms with Crippen LogP contribution in [0.25, 0.3) is 0 Å². The molecule has 1 N–H and O–H groups in total. The molecule has 130 valence electrons. The summed E-state index contributed by atoms with van der Waals surface area (Å²) in [7, 11) is -3.38. The van der Waals surface area contributed by atoms with Gasteiger partial charge in [-0.1, -0.05) is 6.07 Å². The van der Waals surface area contributed by atoms with Crippen LogP contribution in [-0.2, 0) is 22.6 Å². The van der Waals surface area contributed by atoms with E-state index < -0.39 is 27.5 Å². The minimum Gasteiger partial charge on any atom is -0.347 e. The van der Waals surface area contributed by atoms with Crippen molar-refractivity contribution in [2.24, 2.45) is 0 Å². The standard InChI is InChI=1S/C15H14F3NO3S2/c1-9-7-11(15(16,17)18)4-3-10(9)8-19-14(20)12-5-6-13(23-12)24(2,21)22/h3-7H,8H2,1-2H3,(H,19,20). The van der Waals surface area contributed by atoms with Crippen molar-refractivity contribution in [1.29, 1.82) is 0 Å². The molecule has 0 radical (unpaired) electrons. The van der Waals surface area contributed by atoms with Crippen LogP contribution in [0.3, 0.4) is 0 Å². The molecule has 0 fully saturated rings. The lowest BCUT2D eigenvalue weighted by molar-refractivity contribution is -0.137. The largest absolute Gasteiger partial charge is 0.416 e. The summed E-state index contributed by atoms with van der Waals surface area (Å²) < 4.78 is 60.7. The molecule has 9 heteroatoms. The first-order valence-electron chi connectivity index (χ1n) is 6.73. The maximum absolute atomic E-state index is 12.6. The number of nitrogens with one attached hydrogen (secondary N) is 1. The van der Waals surface area contributed by atoms with E-state index in [2.05, 4.69) is 5.32 Å². The van der Waals surface area contributed by atoms with Crippen LogP contribution in [0.4, 0.5) is 13.2 Å². The Kier molecular flexibility index (Phi) is 5.05. The number of carbonyl (C=O) groups is 1. The van der Waals surface area contributed by atoms with E-state index in [1.165, 1.54) is 25.1 Å². The Balaban J connectivity index is 2.08. The van der Waals surface area contributed by atoms with Crippen LogP contribution < -0.4 is 5.32 Å². The molecule has 2 rings (SSSR count). The zero-order chi connectivity index (χ0) is 18.1. The first-order chi connectivity index (χ1) is 11.0. The van der Waals surface area contributed by atoms with E-state index in [9.17, 15) is 26.4 Å². The summed E-state index contributed by atoms with van der Waals surface area (Å²) in [6, 6.07) is 6.04. The highest BCUT2D eigenvalue weighted by molar-refractivity contribution is 7.92. The molecule has 0 spiro atoms. The molecule has 0 aliphatic heterocycles. The second-order valence-electron chi connectivity index (χ2n) is 5.21. The molecule has 1 aromatic carbocycles. The Bertz CT molecular complexity index is 870. The number of amides is 1. The van der Waals surface area contributed by atoms with E-state index in [-0.39, 0.29) is 15.6 Å². The number of thiophene rings is 1. The molecule has 0 atom stereocenters. The van der Waals surface area contributed by atoms with Gasteiger partial charge in [-0.15, -0.1) is 11.3 Å². The highest BCUT2D eigenvalue weighted by atomic mass is 32.2. The predicted octanol–water partition coefficient (Wildman–Crippen LogP) is 3.41. The van der Waals surface area contributed by atoms with Crippen molar-refractivity contribution in [3.8, 4) is 0 Å². The van der Waals surface area contributed by atoms with Gasteiger partial charge in [0.1, 0.15) is 4.21 Å². The summed E-state index contributed by atoms with van der Waals surface area (Å²) in [6.45, 7) is 1.58. The van der Waals surface area contributed by atoms with Gasteiger partial charge >= 0.3 is 6.18 Å². The number of alkyl halides is 3. The number of benzene rings is 1. The summed E-state index contributed by atoms with van der Waals surface area (Å²) in [6.07, 6.45) is -3.36. The second kappa shape index (κ2) is 6.56. The molecule has 0 bridgehead atoms. The Morgan fingerprint density at radius 3 is 2.38 bits per heavy atom. The van der Waals surface area contributed by atoms with Crippen molar-refractivity contribution >= 4 is 27.1 Å². The Labute approximate surface area is 141 Å². The van der Waals surface area contributed by atoms with Gasteiger partial charge in [-0.05, 0) is 42.3 Å². The van der Waals surface area contributed by atoms with Crippen molar-refractivity contribution in [3.05, 3.63) is 51.9 Å². The Morgan fingerprint density at radius 1 is 1.21 bits per heavy atom. The van der Waals surface area contributed by atoms with Crippen LogP contribution in [0.15, 0.2) is 34.5 Å². The molecule has 0 aliphatic carbocycles. The number of halogens is 3. The molecule has 1 heterocycles. The number of carbonyl (C=O) groups excluding carboxylic acids is 1. The van der Waals surface area contributed by atoms with Crippen LogP contribution >= 0.6 is 11.3 Å². The van der Waals surface area contributed by atoms with Gasteiger partial charge < -0.3 is 5.32 Å². The molecule has 0 aliphatic rings. The third kappa shape index (κ3) is 4.35. The lowest BCUT2D eigenvalue weighted by atomic mass is 10.0. The molecular weight excluding hydrogens is 363 g/mol. The smallest absolute Gasteiger partial charge is 0.347 e. The maximum atomic E-state index is 12.6. The van der Waals surface area contributed by atoms with Crippen molar-refractivity contribution in [1.82, 2.24) is 5.32 Å². The van der Waals surface area contributed by atoms with Gasteiger partial charge in [-0.3, -0.25) is 4.79 Å². The van der Waals surface area contributed by atoms with Gasteiger partial charge in [-0.2, -0.15) is 13.2 Å². The van der Waals surface area contributed by atoms with E-state index >= 15 is 0 Å². The lowest BCUT2D eigenvalue weighted by Gasteiger charge is -2.11. The van der Waals surface area contributed by atoms with Gasteiger partial charge in [0, 0.05) is 12.8 Å². The van der Waals surface area contributed by atoms with Crippen LogP contribution in [0.1, 0.15) is 26.4 Å². The maximum Gasteiger partial charge on any atom is 0.416 e. The van der Waals surface area contributed by atoms with Crippen molar-refractivity contribution in [2.75, 3.05) is 6.26 Å². The van der Waals surface area contributed by atoms with Crippen molar-refractivity contribution < 1.29 is 26.4 Å². The Hall–Kier alpha value is -1.87. The number of sulfone groups is 1. The zero-order valence-corrected chi connectivity index (χ0v) is 14.4. The summed E-state index contributed by atoms with van der Waals surface area (Å²) in [5, 5.41) is 2.57. The van der Waals surface area contributed by atoms with Gasteiger partial charge in [0.25, 0.3) is 5.91 Å². The normalized spacial score (nSPS) is 12.2.